The van der Waals surface area contributed by atoms with E-state index in [4.69, 9.17) is 5.11 Å². The molecule has 0 radical (unpaired) electrons. The molecule has 0 unspecified atom stereocenters. The molecule has 1 aliphatic heterocycles. The average molecular weight is 114 g/mol. The lowest BCUT2D eigenvalue weighted by Crippen LogP contribution is -2.29. The molecule has 1 atom stereocenters. The van der Waals surface area contributed by atoms with Crippen LogP contribution in [0.2, 0.25) is 0 Å². The molecule has 48 valence electrons. The number of aliphatic hydroxyl groups excluding tert-OH is 1. The van der Waals surface area contributed by atoms with Crippen LogP contribution in [-0.4, -0.2) is 37.1 Å². The van der Waals surface area contributed by atoms with Gasteiger partial charge in [-0.05, 0) is 25.4 Å². The molecule has 1 rings (SSSR count). The molecule has 3 heteroatoms. The average Bonchev–Trinajstić information content (AvgIpc) is 2.14. The van der Waals surface area contributed by atoms with Crippen molar-refractivity contribution in [3.05, 3.63) is 0 Å². The third-order valence-electron chi connectivity index (χ3n) is 1.29. The molecule has 0 amide bonds. The van der Waals surface area contributed by atoms with E-state index in [1.165, 1.54) is 19.4 Å². The number of nitrogens with zero attached hydrogens (tertiary/aromatic N) is 1. The molecule has 1 heterocycles. The van der Waals surface area contributed by atoms with Crippen molar-refractivity contribution in [3.8, 4) is 0 Å². The van der Waals surface area contributed by atoms with Crippen LogP contribution in [0.15, 0.2) is 0 Å². The topological polar surface area (TPSA) is 23.5 Å². The normalized spacial score (nSPS) is 31.5. The summed E-state index contributed by atoms with van der Waals surface area (Å²) in [5.74, 6) is 0. The highest BCUT2D eigenvalue weighted by molar-refractivity contribution is 6.04. The predicted molar refractivity (Wildman–Crippen MR) is 36.8 cm³/mol. The summed E-state index contributed by atoms with van der Waals surface area (Å²) in [6, 6.07) is 0.565. The summed E-state index contributed by atoms with van der Waals surface area (Å²) in [4.78, 5) is 2.46. The van der Waals surface area contributed by atoms with Crippen molar-refractivity contribution in [2.24, 2.45) is 0 Å². The van der Waals surface area contributed by atoms with E-state index in [0.29, 0.717) is 20.6 Å². The molecule has 0 aromatic rings. The SMILES string of the molecule is [BH3-]N1CCC[C@H]1CO. The Hall–Kier alpha value is -0.0151. The van der Waals surface area contributed by atoms with E-state index >= 15 is 0 Å². The van der Waals surface area contributed by atoms with Crippen LogP contribution in [0.25, 0.3) is 0 Å². The lowest BCUT2D eigenvalue weighted by molar-refractivity contribution is 0.217. The highest BCUT2D eigenvalue weighted by Crippen LogP contribution is 2.12. The van der Waals surface area contributed by atoms with Gasteiger partial charge in [0.15, 0.2) is 0 Å². The van der Waals surface area contributed by atoms with Gasteiger partial charge in [0.05, 0.1) is 6.61 Å². The zero-order valence-electron chi connectivity index (χ0n) is 4.30. The second kappa shape index (κ2) is 2.51. The van der Waals surface area contributed by atoms with Crippen LogP contribution in [0.4, 0.5) is 0 Å². The minimum Gasteiger partial charge on any atom is -0.479 e. The van der Waals surface area contributed by atoms with Crippen molar-refractivity contribution in [2.75, 3.05) is 13.2 Å². The highest BCUT2D eigenvalue weighted by Gasteiger charge is 2.13. The van der Waals surface area contributed by atoms with Crippen LogP contribution >= 0.6 is 0 Å². The summed E-state index contributed by atoms with van der Waals surface area (Å²) in [6.07, 6.45) is 2.55. The summed E-state index contributed by atoms with van der Waals surface area (Å²) in [5.41, 5.74) is 0. The summed E-state index contributed by atoms with van der Waals surface area (Å²) < 4.78 is 0. The van der Waals surface area contributed by atoms with Gasteiger partial charge in [-0.3, -0.25) is 0 Å². The number of hydrogen-bond donors (Lipinski definition) is 1. The van der Waals surface area contributed by atoms with E-state index in [9.17, 15) is 0 Å². The molecule has 0 aliphatic carbocycles. The summed E-state index contributed by atoms with van der Waals surface area (Å²) in [6.45, 7) is 1.66. The summed E-state index contributed by atoms with van der Waals surface area (Å²) in [5, 5.41) is 8.73. The highest BCUT2D eigenvalue weighted by atomic mass is 16.3. The van der Waals surface area contributed by atoms with E-state index in [-0.39, 0.29) is 0 Å². The maximum atomic E-state index is 8.73. The van der Waals surface area contributed by atoms with E-state index in [0.717, 1.165) is 0 Å². The Balaban J connectivity index is 2.30. The van der Waals surface area contributed by atoms with Gasteiger partial charge in [0, 0.05) is 7.98 Å². The molecule has 0 bridgehead atoms. The zero-order chi connectivity index (χ0) is 5.98. The molecule has 2 nitrogen and oxygen atoms in total. The molecule has 1 fully saturated rings. The minimum atomic E-state index is 0.364. The van der Waals surface area contributed by atoms with Crippen molar-refractivity contribution in [2.45, 2.75) is 18.9 Å². The lowest BCUT2D eigenvalue weighted by atomic mass is 10.2. The Morgan fingerprint density at radius 1 is 1.75 bits per heavy atom. The molecule has 1 N–H and O–H groups in total. The fraction of sp³-hybridized carbons (Fsp3) is 1.00. The van der Waals surface area contributed by atoms with Gasteiger partial charge in [-0.2, -0.15) is 0 Å². The molecule has 8 heavy (non-hydrogen) atoms. The largest absolute Gasteiger partial charge is 0.479 e. The van der Waals surface area contributed by atoms with Gasteiger partial charge in [0.25, 0.3) is 0 Å². The smallest absolute Gasteiger partial charge is 0.0553 e. The van der Waals surface area contributed by atoms with E-state index in [1.807, 2.05) is 0 Å². The first-order valence-electron chi connectivity index (χ1n) is 2.71. The van der Waals surface area contributed by atoms with Crippen molar-refractivity contribution in [1.29, 1.82) is 0 Å². The number of rotatable bonds is 1. The zero-order valence-corrected chi connectivity index (χ0v) is 4.30. The van der Waals surface area contributed by atoms with Gasteiger partial charge in [0.2, 0.25) is 0 Å². The predicted octanol–water partition coefficient (Wildman–Crippen LogP) is -1.28. The van der Waals surface area contributed by atoms with Gasteiger partial charge >= 0.3 is 0 Å². The Bertz CT molecular complexity index is 78.8. The maximum absolute atomic E-state index is 8.73. The Labute approximate surface area is 50.9 Å². The third-order valence-corrected chi connectivity index (χ3v) is 1.29. The first-order chi connectivity index (χ1) is 3.84. The molecule has 1 aliphatic rings. The van der Waals surface area contributed by atoms with E-state index < -0.39 is 0 Å². The first-order valence-corrected chi connectivity index (χ1v) is 2.71. The Morgan fingerprint density at radius 2 is 2.50 bits per heavy atom. The Kier molecular flexibility index (Phi) is 1.92. The van der Waals surface area contributed by atoms with Crippen LogP contribution in [0, 0.1) is 0 Å². The molecule has 0 spiro atoms. The van der Waals surface area contributed by atoms with Gasteiger partial charge in [-0.1, -0.05) is 0 Å². The molecule has 1 saturated heterocycles. The molecular weight excluding hydrogens is 101 g/mol. The fourth-order valence-electron chi connectivity index (χ4n) is 0.841. The summed E-state index contributed by atoms with van der Waals surface area (Å²) in [7, 11) is 0.364. The molecule has 0 saturated carbocycles. The summed E-state index contributed by atoms with van der Waals surface area (Å²) >= 11 is 0. The van der Waals surface area contributed by atoms with Gasteiger partial charge in [-0.15, -0.1) is 0 Å². The van der Waals surface area contributed by atoms with Crippen molar-refractivity contribution in [1.82, 2.24) is 4.81 Å². The molecule has 0 aromatic heterocycles. The van der Waals surface area contributed by atoms with Crippen LogP contribution in [0.1, 0.15) is 12.8 Å². The minimum absolute atomic E-state index is 0.364. The van der Waals surface area contributed by atoms with E-state index in [2.05, 4.69) is 4.81 Å². The third kappa shape index (κ3) is 1.04. The first kappa shape index (κ1) is 6.11. The van der Waals surface area contributed by atoms with E-state index in [1.54, 1.807) is 0 Å². The van der Waals surface area contributed by atoms with Crippen LogP contribution < -0.4 is 0 Å². The number of hydrogen-bond acceptors (Lipinski definition) is 2. The van der Waals surface area contributed by atoms with Crippen molar-refractivity contribution in [3.63, 3.8) is 0 Å². The maximum Gasteiger partial charge on any atom is 0.0553 e. The fourth-order valence-corrected chi connectivity index (χ4v) is 0.841. The van der Waals surface area contributed by atoms with Crippen LogP contribution in [0.3, 0.4) is 0 Å². The lowest BCUT2D eigenvalue weighted by Gasteiger charge is -2.23. The van der Waals surface area contributed by atoms with Crippen molar-refractivity contribution >= 4 is 7.98 Å². The molecular formula is C5H13BNO-. The van der Waals surface area contributed by atoms with Crippen LogP contribution in [0.5, 0.6) is 0 Å². The van der Waals surface area contributed by atoms with Crippen LogP contribution in [-0.2, 0) is 0 Å². The van der Waals surface area contributed by atoms with Gasteiger partial charge in [0.1, 0.15) is 0 Å². The second-order valence-corrected chi connectivity index (χ2v) is 1.88. The second-order valence-electron chi connectivity index (χ2n) is 1.88. The number of aliphatic hydroxyl groups is 1. The Morgan fingerprint density at radius 3 is 2.75 bits per heavy atom. The standard InChI is InChI=1S/C5H13BNO/c6-7-3-1-2-5(7)4-8/h5,8H,1-4H2,6H3/q-1/t5-/m0/s1. The monoisotopic (exact) mass is 114 g/mol. The molecule has 0 aromatic carbocycles. The van der Waals surface area contributed by atoms with Gasteiger partial charge in [-0.25, -0.2) is 0 Å². The quantitative estimate of drug-likeness (QED) is 0.429. The van der Waals surface area contributed by atoms with Gasteiger partial charge < -0.3 is 9.92 Å². The van der Waals surface area contributed by atoms with Crippen molar-refractivity contribution < 1.29 is 5.11 Å².